The van der Waals surface area contributed by atoms with E-state index in [2.05, 4.69) is 10.1 Å². The Morgan fingerprint density at radius 3 is 2.70 bits per heavy atom. The number of nitrogens with zero attached hydrogens (tertiary/aromatic N) is 3. The minimum atomic E-state index is -3.52. The highest BCUT2D eigenvalue weighted by Gasteiger charge is 2.14. The molecule has 2 rings (SSSR count). The van der Waals surface area contributed by atoms with E-state index in [0.29, 0.717) is 0 Å². The van der Waals surface area contributed by atoms with Crippen LogP contribution in [-0.4, -0.2) is 35.5 Å². The second kappa shape index (κ2) is 6.23. The first-order chi connectivity index (χ1) is 9.44. The monoisotopic (exact) mass is 315 g/mol. The van der Waals surface area contributed by atoms with Gasteiger partial charge in [0.25, 0.3) is 0 Å². The summed E-state index contributed by atoms with van der Waals surface area (Å²) in [7, 11) is 1.66. The molecule has 0 saturated heterocycles. The zero-order valence-corrected chi connectivity index (χ0v) is 12.4. The van der Waals surface area contributed by atoms with Gasteiger partial charge in [0.1, 0.15) is 6.33 Å². The molecule has 1 heterocycles. The molecule has 0 N–H and O–H groups in total. The molecule has 1 aromatic carbocycles. The molecular weight excluding hydrogens is 302 g/mol. The molecule has 0 saturated carbocycles. The van der Waals surface area contributed by atoms with Crippen LogP contribution in [0.25, 0.3) is 5.69 Å². The molecule has 2 aromatic rings. The summed E-state index contributed by atoms with van der Waals surface area (Å²) in [6, 6.07) is 9.68. The van der Waals surface area contributed by atoms with Crippen molar-refractivity contribution in [3.8, 4) is 11.7 Å². The average Bonchev–Trinajstić information content (AvgIpc) is 2.84. The van der Waals surface area contributed by atoms with E-state index in [1.54, 1.807) is 11.6 Å². The van der Waals surface area contributed by atoms with Crippen LogP contribution >= 0.6 is 10.7 Å². The highest BCUT2D eigenvalue weighted by atomic mass is 35.7. The van der Waals surface area contributed by atoms with Gasteiger partial charge < -0.3 is 4.74 Å². The van der Waals surface area contributed by atoms with E-state index >= 15 is 0 Å². The average molecular weight is 316 g/mol. The third-order valence-electron chi connectivity index (χ3n) is 2.47. The van der Waals surface area contributed by atoms with E-state index in [1.807, 2.05) is 30.3 Å². The predicted molar refractivity (Wildman–Crippen MR) is 75.7 cm³/mol. The standard InChI is InChI=1S/C12H14ClN3O3S/c1-10(8-20(13,17)18)7-19-12-14-9-16(15-12)11-5-3-2-4-6-11/h2-6,9-10H,7-8H2,1H3. The fourth-order valence-corrected chi connectivity index (χ4v) is 3.05. The summed E-state index contributed by atoms with van der Waals surface area (Å²) >= 11 is 0. The van der Waals surface area contributed by atoms with Crippen molar-refractivity contribution in [3.63, 3.8) is 0 Å². The normalized spacial score (nSPS) is 13.1. The van der Waals surface area contributed by atoms with Gasteiger partial charge in [-0.25, -0.2) is 13.1 Å². The molecule has 0 aliphatic rings. The highest BCUT2D eigenvalue weighted by Crippen LogP contribution is 2.10. The lowest BCUT2D eigenvalue weighted by Crippen LogP contribution is -2.17. The van der Waals surface area contributed by atoms with E-state index < -0.39 is 9.05 Å². The van der Waals surface area contributed by atoms with Crippen LogP contribution in [0.15, 0.2) is 36.7 Å². The second-order valence-electron chi connectivity index (χ2n) is 4.43. The largest absolute Gasteiger partial charge is 0.462 e. The number of ether oxygens (including phenoxy) is 1. The van der Waals surface area contributed by atoms with Gasteiger partial charge in [0.15, 0.2) is 0 Å². The van der Waals surface area contributed by atoms with Crippen molar-refractivity contribution in [2.75, 3.05) is 12.4 Å². The highest BCUT2D eigenvalue weighted by molar-refractivity contribution is 8.13. The first-order valence-electron chi connectivity index (χ1n) is 5.96. The van der Waals surface area contributed by atoms with E-state index in [1.165, 1.54) is 6.33 Å². The number of benzene rings is 1. The molecular formula is C12H14ClN3O3S. The molecule has 20 heavy (non-hydrogen) atoms. The summed E-state index contributed by atoms with van der Waals surface area (Å²) in [6.07, 6.45) is 1.54. The van der Waals surface area contributed by atoms with Crippen molar-refractivity contribution in [2.24, 2.45) is 5.92 Å². The topological polar surface area (TPSA) is 74.1 Å². The molecule has 108 valence electrons. The van der Waals surface area contributed by atoms with E-state index in [-0.39, 0.29) is 24.3 Å². The predicted octanol–water partition coefficient (Wildman–Crippen LogP) is 1.85. The zero-order valence-electron chi connectivity index (χ0n) is 10.8. The van der Waals surface area contributed by atoms with Crippen LogP contribution in [0.5, 0.6) is 6.01 Å². The van der Waals surface area contributed by atoms with E-state index in [9.17, 15) is 8.42 Å². The summed E-state index contributed by atoms with van der Waals surface area (Å²) in [5, 5.41) is 4.15. The number of hydrogen-bond acceptors (Lipinski definition) is 5. The molecule has 0 aliphatic heterocycles. The fraction of sp³-hybridized carbons (Fsp3) is 0.333. The SMILES string of the molecule is CC(COc1ncn(-c2ccccc2)n1)CS(=O)(=O)Cl. The van der Waals surface area contributed by atoms with Crippen molar-refractivity contribution in [1.82, 2.24) is 14.8 Å². The molecule has 0 bridgehead atoms. The third kappa shape index (κ3) is 4.50. The number of para-hydroxylation sites is 1. The molecule has 6 nitrogen and oxygen atoms in total. The van der Waals surface area contributed by atoms with Gasteiger partial charge in [-0.05, 0) is 12.1 Å². The second-order valence-corrected chi connectivity index (χ2v) is 7.25. The smallest absolute Gasteiger partial charge is 0.335 e. The molecule has 0 amide bonds. The van der Waals surface area contributed by atoms with Crippen molar-refractivity contribution in [2.45, 2.75) is 6.92 Å². The lowest BCUT2D eigenvalue weighted by Gasteiger charge is -2.08. The van der Waals surface area contributed by atoms with Crippen LogP contribution in [0.3, 0.4) is 0 Å². The molecule has 0 spiro atoms. The maximum Gasteiger partial charge on any atom is 0.335 e. The minimum Gasteiger partial charge on any atom is -0.462 e. The van der Waals surface area contributed by atoms with Gasteiger partial charge in [0, 0.05) is 16.6 Å². The van der Waals surface area contributed by atoms with Crippen molar-refractivity contribution in [1.29, 1.82) is 0 Å². The molecule has 8 heteroatoms. The summed E-state index contributed by atoms with van der Waals surface area (Å²) in [5.74, 6) is -0.380. The Kier molecular flexibility index (Phi) is 4.61. The maximum absolute atomic E-state index is 10.9. The van der Waals surface area contributed by atoms with Crippen LogP contribution in [0.1, 0.15) is 6.92 Å². The van der Waals surface area contributed by atoms with Crippen LogP contribution in [0.4, 0.5) is 0 Å². The summed E-state index contributed by atoms with van der Waals surface area (Å²) < 4.78 is 28.8. The van der Waals surface area contributed by atoms with Gasteiger partial charge in [-0.1, -0.05) is 25.1 Å². The number of aromatic nitrogens is 3. The first-order valence-corrected chi connectivity index (χ1v) is 8.44. The molecule has 0 aliphatic carbocycles. The molecule has 1 aromatic heterocycles. The van der Waals surface area contributed by atoms with Crippen LogP contribution in [0.2, 0.25) is 0 Å². The van der Waals surface area contributed by atoms with Gasteiger partial charge in [-0.15, -0.1) is 5.10 Å². The van der Waals surface area contributed by atoms with Gasteiger partial charge in [-0.2, -0.15) is 4.98 Å². The lowest BCUT2D eigenvalue weighted by atomic mass is 10.2. The quantitative estimate of drug-likeness (QED) is 0.761. The summed E-state index contributed by atoms with van der Waals surface area (Å²) in [5.41, 5.74) is 0.867. The Hall–Kier alpha value is -1.60. The van der Waals surface area contributed by atoms with Crippen molar-refractivity contribution >= 4 is 19.7 Å². The van der Waals surface area contributed by atoms with Crippen molar-refractivity contribution < 1.29 is 13.2 Å². The van der Waals surface area contributed by atoms with Crippen molar-refractivity contribution in [3.05, 3.63) is 36.7 Å². The first kappa shape index (κ1) is 14.8. The minimum absolute atomic E-state index is 0.145. The van der Waals surface area contributed by atoms with Crippen LogP contribution in [0, 0.1) is 5.92 Å². The van der Waals surface area contributed by atoms with Crippen LogP contribution < -0.4 is 4.74 Å². The van der Waals surface area contributed by atoms with Gasteiger partial charge in [0.2, 0.25) is 9.05 Å². The Morgan fingerprint density at radius 2 is 2.05 bits per heavy atom. The number of hydrogen-bond donors (Lipinski definition) is 0. The van der Waals surface area contributed by atoms with Gasteiger partial charge in [-0.3, -0.25) is 0 Å². The Bertz CT molecular complexity index is 658. The van der Waals surface area contributed by atoms with E-state index in [4.69, 9.17) is 15.4 Å². The Balaban J connectivity index is 1.94. The van der Waals surface area contributed by atoms with Gasteiger partial charge in [0.05, 0.1) is 18.0 Å². The zero-order chi connectivity index (χ0) is 14.6. The molecule has 1 unspecified atom stereocenters. The van der Waals surface area contributed by atoms with Gasteiger partial charge >= 0.3 is 6.01 Å². The molecule has 0 fully saturated rings. The van der Waals surface area contributed by atoms with E-state index in [0.717, 1.165) is 5.69 Å². The molecule has 1 atom stereocenters. The maximum atomic E-state index is 10.9. The van der Waals surface area contributed by atoms with Crippen LogP contribution in [-0.2, 0) is 9.05 Å². The Labute approximate surface area is 121 Å². The molecule has 0 radical (unpaired) electrons. The third-order valence-corrected chi connectivity index (χ3v) is 3.82. The summed E-state index contributed by atoms with van der Waals surface area (Å²) in [6.45, 7) is 1.92. The number of rotatable bonds is 6. The lowest BCUT2D eigenvalue weighted by molar-refractivity contribution is 0.252. The Morgan fingerprint density at radius 1 is 1.35 bits per heavy atom. The summed E-state index contributed by atoms with van der Waals surface area (Å²) in [4.78, 5) is 4.01. The number of halogens is 1. The fourth-order valence-electron chi connectivity index (χ4n) is 1.62.